The van der Waals surface area contributed by atoms with E-state index < -0.39 is 5.82 Å². The summed E-state index contributed by atoms with van der Waals surface area (Å²) in [7, 11) is 0. The highest BCUT2D eigenvalue weighted by molar-refractivity contribution is 5.99. The maximum absolute atomic E-state index is 14.5. The fourth-order valence-electron chi connectivity index (χ4n) is 4.74. The number of nitriles is 1. The minimum atomic E-state index is -0.490. The monoisotopic (exact) mass is 367 g/mol. The summed E-state index contributed by atoms with van der Waals surface area (Å²) in [6.45, 7) is 3.93. The van der Waals surface area contributed by atoms with E-state index >= 15 is 0 Å². The van der Waals surface area contributed by atoms with Gasteiger partial charge < -0.3 is 9.67 Å². The molecular weight excluding hydrogens is 345 g/mol. The van der Waals surface area contributed by atoms with Gasteiger partial charge >= 0.3 is 0 Å². The summed E-state index contributed by atoms with van der Waals surface area (Å²) in [5, 5.41) is 19.0. The molecular formula is C21H22FN3O2. The van der Waals surface area contributed by atoms with Gasteiger partial charge in [0.1, 0.15) is 5.82 Å². The number of fused-ring (bicyclic) bond motifs is 2. The summed E-state index contributed by atoms with van der Waals surface area (Å²) in [4.78, 5) is 15.1. The van der Waals surface area contributed by atoms with Gasteiger partial charge in [-0.05, 0) is 57.4 Å². The lowest BCUT2D eigenvalue weighted by Gasteiger charge is -2.21. The Kier molecular flexibility index (Phi) is 4.37. The van der Waals surface area contributed by atoms with Crippen molar-refractivity contribution in [1.29, 1.82) is 5.26 Å². The summed E-state index contributed by atoms with van der Waals surface area (Å²) in [5.41, 5.74) is 2.63. The number of nitrogens with zero attached hydrogens (tertiary/aromatic N) is 3. The van der Waals surface area contributed by atoms with Crippen molar-refractivity contribution in [2.24, 2.45) is 0 Å². The molecule has 1 N–H and O–H groups in total. The number of benzene rings is 1. The van der Waals surface area contributed by atoms with Gasteiger partial charge in [-0.1, -0.05) is 0 Å². The molecule has 27 heavy (non-hydrogen) atoms. The fraction of sp³-hybridized carbons (Fsp3) is 0.429. The molecule has 140 valence electrons. The molecule has 2 bridgehead atoms. The highest BCUT2D eigenvalue weighted by atomic mass is 19.1. The Bertz CT molecular complexity index is 959. The molecule has 0 radical (unpaired) electrons. The zero-order valence-electron chi connectivity index (χ0n) is 15.4. The third kappa shape index (κ3) is 2.88. The summed E-state index contributed by atoms with van der Waals surface area (Å²) in [6.07, 6.45) is 2.38. The first kappa shape index (κ1) is 17.9. The largest absolute Gasteiger partial charge is 0.391 e. The van der Waals surface area contributed by atoms with Crippen LogP contribution in [0.2, 0.25) is 0 Å². The number of aromatic nitrogens is 1. The molecule has 4 rings (SSSR count). The van der Waals surface area contributed by atoms with Crippen LogP contribution in [-0.4, -0.2) is 45.1 Å². The smallest absolute Gasteiger partial charge is 0.178 e. The van der Waals surface area contributed by atoms with E-state index in [4.69, 9.17) is 5.26 Å². The van der Waals surface area contributed by atoms with Crippen molar-refractivity contribution in [1.82, 2.24) is 9.47 Å². The molecule has 2 fully saturated rings. The molecule has 2 aliphatic rings. The van der Waals surface area contributed by atoms with Gasteiger partial charge in [-0.3, -0.25) is 9.69 Å². The third-order valence-electron chi connectivity index (χ3n) is 6.02. The molecule has 1 aromatic heterocycles. The normalized spacial score (nSPS) is 24.3. The van der Waals surface area contributed by atoms with Crippen LogP contribution < -0.4 is 0 Å². The molecule has 5 nitrogen and oxygen atoms in total. The number of hydrogen-bond donors (Lipinski definition) is 1. The lowest BCUT2D eigenvalue weighted by Crippen LogP contribution is -2.36. The summed E-state index contributed by atoms with van der Waals surface area (Å²) >= 11 is 0. The molecule has 0 amide bonds. The Hall–Kier alpha value is -2.49. The molecule has 6 heteroatoms. The first-order chi connectivity index (χ1) is 12.9. The summed E-state index contributed by atoms with van der Waals surface area (Å²) in [5.74, 6) is -0.495. The van der Waals surface area contributed by atoms with Crippen LogP contribution in [0.3, 0.4) is 0 Å². The minimum absolute atomic E-state index is 0.00518. The SMILES string of the molecule is Cc1cc(C(=O)CN2C3CCC2[C@@H](O)C3)c(C)n1-c1ccc(C#N)cc1F. The quantitative estimate of drug-likeness (QED) is 0.844. The number of carbonyl (C=O) groups is 1. The van der Waals surface area contributed by atoms with Crippen LogP contribution >= 0.6 is 0 Å². The average molecular weight is 367 g/mol. The number of hydrogen-bond acceptors (Lipinski definition) is 4. The van der Waals surface area contributed by atoms with Crippen molar-refractivity contribution >= 4 is 5.78 Å². The van der Waals surface area contributed by atoms with Gasteiger partial charge in [0.15, 0.2) is 5.78 Å². The van der Waals surface area contributed by atoms with E-state index in [9.17, 15) is 14.3 Å². The lowest BCUT2D eigenvalue weighted by molar-refractivity contribution is 0.0873. The first-order valence-corrected chi connectivity index (χ1v) is 9.26. The van der Waals surface area contributed by atoms with E-state index in [2.05, 4.69) is 4.90 Å². The van der Waals surface area contributed by atoms with Crippen molar-refractivity contribution < 1.29 is 14.3 Å². The van der Waals surface area contributed by atoms with Gasteiger partial charge in [0.2, 0.25) is 0 Å². The van der Waals surface area contributed by atoms with Crippen LogP contribution in [0.15, 0.2) is 24.3 Å². The topological polar surface area (TPSA) is 69.3 Å². The van der Waals surface area contributed by atoms with E-state index in [-0.39, 0.29) is 36.1 Å². The number of carbonyl (C=O) groups excluding carboxylic acids is 1. The molecule has 2 aromatic rings. The van der Waals surface area contributed by atoms with Crippen molar-refractivity contribution in [2.75, 3.05) is 6.54 Å². The van der Waals surface area contributed by atoms with Crippen LogP contribution in [0.25, 0.3) is 5.69 Å². The predicted octanol–water partition coefficient (Wildman–Crippen LogP) is 2.89. The molecule has 2 unspecified atom stereocenters. The lowest BCUT2D eigenvalue weighted by atomic mass is 9.98. The van der Waals surface area contributed by atoms with Gasteiger partial charge in [-0.2, -0.15) is 5.26 Å². The maximum atomic E-state index is 14.5. The number of aliphatic hydroxyl groups excluding tert-OH is 1. The van der Waals surface area contributed by atoms with E-state index in [0.717, 1.165) is 25.0 Å². The Balaban J connectivity index is 1.63. The van der Waals surface area contributed by atoms with Crippen LogP contribution in [0.5, 0.6) is 0 Å². The minimum Gasteiger partial charge on any atom is -0.391 e. The second-order valence-corrected chi connectivity index (χ2v) is 7.60. The van der Waals surface area contributed by atoms with Crippen LogP contribution in [-0.2, 0) is 0 Å². The molecule has 0 spiro atoms. The number of aryl methyl sites for hydroxylation is 1. The molecule has 3 heterocycles. The van der Waals surface area contributed by atoms with Gasteiger partial charge in [0, 0.05) is 29.0 Å². The van der Waals surface area contributed by atoms with Crippen molar-refractivity contribution in [3.05, 3.63) is 52.6 Å². The second kappa shape index (κ2) is 6.59. The molecule has 2 aliphatic heterocycles. The Morgan fingerprint density at radius 1 is 1.33 bits per heavy atom. The molecule has 0 saturated carbocycles. The van der Waals surface area contributed by atoms with Gasteiger partial charge in [0.05, 0.1) is 30.0 Å². The predicted molar refractivity (Wildman–Crippen MR) is 98.4 cm³/mol. The second-order valence-electron chi connectivity index (χ2n) is 7.60. The van der Waals surface area contributed by atoms with Crippen LogP contribution in [0.1, 0.15) is 46.6 Å². The zero-order valence-corrected chi connectivity index (χ0v) is 15.4. The highest BCUT2D eigenvalue weighted by Gasteiger charge is 2.46. The van der Waals surface area contributed by atoms with E-state index in [1.165, 1.54) is 6.07 Å². The Morgan fingerprint density at radius 2 is 2.11 bits per heavy atom. The fourth-order valence-corrected chi connectivity index (χ4v) is 4.74. The van der Waals surface area contributed by atoms with Crippen LogP contribution in [0.4, 0.5) is 4.39 Å². The molecule has 1 aromatic carbocycles. The number of ketones is 1. The van der Waals surface area contributed by atoms with Gasteiger partial charge in [-0.25, -0.2) is 4.39 Å². The molecule has 3 atom stereocenters. The number of rotatable bonds is 4. The summed E-state index contributed by atoms with van der Waals surface area (Å²) < 4.78 is 16.2. The summed E-state index contributed by atoms with van der Waals surface area (Å²) in [6, 6.07) is 8.44. The number of halogens is 1. The Labute approximate surface area is 157 Å². The van der Waals surface area contributed by atoms with E-state index in [1.807, 2.05) is 19.9 Å². The third-order valence-corrected chi connectivity index (χ3v) is 6.02. The average Bonchev–Trinajstić information content (AvgIpc) is 3.25. The van der Waals surface area contributed by atoms with E-state index in [0.29, 0.717) is 16.9 Å². The molecule has 2 saturated heterocycles. The van der Waals surface area contributed by atoms with Crippen LogP contribution in [0, 0.1) is 31.0 Å². The molecule has 0 aliphatic carbocycles. The standard InChI is InChI=1S/C21H22FN3O2/c1-12-7-16(21(27)11-24-15-4-6-19(24)20(26)9-15)13(2)25(12)18-5-3-14(10-23)8-17(18)22/h3,5,7-8,15,19-20,26H,4,6,9,11H2,1-2H3/t15?,19?,20-/m0/s1. The maximum Gasteiger partial charge on any atom is 0.178 e. The first-order valence-electron chi connectivity index (χ1n) is 9.26. The van der Waals surface area contributed by atoms with Gasteiger partial charge in [0.25, 0.3) is 0 Å². The van der Waals surface area contributed by atoms with E-state index in [1.54, 1.807) is 22.8 Å². The van der Waals surface area contributed by atoms with Crippen molar-refractivity contribution in [3.63, 3.8) is 0 Å². The zero-order chi connectivity index (χ0) is 19.3. The number of Topliss-reactive ketones (excluding diaryl/α,β-unsaturated/α-hetero) is 1. The van der Waals surface area contributed by atoms with Crippen molar-refractivity contribution in [2.45, 2.75) is 51.3 Å². The number of aliphatic hydroxyl groups is 1. The van der Waals surface area contributed by atoms with Crippen molar-refractivity contribution in [3.8, 4) is 11.8 Å². The highest BCUT2D eigenvalue weighted by Crippen LogP contribution is 2.37. The Morgan fingerprint density at radius 3 is 2.70 bits per heavy atom. The van der Waals surface area contributed by atoms with Gasteiger partial charge in [-0.15, -0.1) is 0 Å².